The molecular weight excluding hydrogens is 278 g/mol. The van der Waals surface area contributed by atoms with Crippen molar-refractivity contribution in [1.82, 2.24) is 9.55 Å². The molecule has 0 aliphatic carbocycles. The first-order valence-corrected chi connectivity index (χ1v) is 6.27. The first kappa shape index (κ1) is 13.5. The second kappa shape index (κ2) is 5.14. The van der Waals surface area contributed by atoms with E-state index in [0.717, 1.165) is 17.6 Å². The highest BCUT2D eigenvalue weighted by Crippen LogP contribution is 2.28. The third kappa shape index (κ3) is 2.45. The number of ether oxygens (including phenoxy) is 1. The normalized spacial score (nSPS) is 11.0. The first-order valence-electron chi connectivity index (χ1n) is 6.27. The fraction of sp³-hybridized carbons (Fsp3) is 0.133. The number of aryl methyl sites for hydroxylation is 1. The van der Waals surface area contributed by atoms with Crippen molar-refractivity contribution in [2.45, 2.75) is 6.61 Å². The highest BCUT2D eigenvalue weighted by Gasteiger charge is 2.10. The molecule has 3 aromatic rings. The van der Waals surface area contributed by atoms with Crippen LogP contribution in [0.2, 0.25) is 0 Å². The number of imidazole rings is 1. The van der Waals surface area contributed by atoms with Crippen LogP contribution in [-0.2, 0) is 13.7 Å². The van der Waals surface area contributed by atoms with Gasteiger partial charge in [0.25, 0.3) is 0 Å². The van der Waals surface area contributed by atoms with Crippen molar-refractivity contribution in [2.75, 3.05) is 0 Å². The zero-order chi connectivity index (χ0) is 15.0. The molecular formula is C15H12F2N2O2. The Kier molecular flexibility index (Phi) is 3.31. The number of fused-ring (bicyclic) bond motifs is 1. The molecule has 108 valence electrons. The summed E-state index contributed by atoms with van der Waals surface area (Å²) in [6.07, 6.45) is 0. The fourth-order valence-corrected chi connectivity index (χ4v) is 2.11. The number of rotatable bonds is 3. The Balaban J connectivity index is 1.99. The van der Waals surface area contributed by atoms with E-state index >= 15 is 0 Å². The van der Waals surface area contributed by atoms with Crippen LogP contribution in [0.1, 0.15) is 5.82 Å². The molecule has 0 atom stereocenters. The monoisotopic (exact) mass is 290 g/mol. The highest BCUT2D eigenvalue weighted by molar-refractivity contribution is 5.77. The molecule has 3 rings (SSSR count). The van der Waals surface area contributed by atoms with Crippen LogP contribution in [0.15, 0.2) is 36.4 Å². The molecule has 0 aliphatic rings. The molecule has 0 amide bonds. The van der Waals surface area contributed by atoms with E-state index in [1.54, 1.807) is 29.8 Å². The van der Waals surface area contributed by atoms with Gasteiger partial charge in [-0.3, -0.25) is 0 Å². The van der Waals surface area contributed by atoms with E-state index in [1.807, 2.05) is 0 Å². The quantitative estimate of drug-likeness (QED) is 0.806. The maximum atomic E-state index is 13.6. The molecule has 0 unspecified atom stereocenters. The number of nitrogens with zero attached hydrogens (tertiary/aromatic N) is 2. The number of halogens is 2. The molecule has 0 fully saturated rings. The van der Waals surface area contributed by atoms with Crippen molar-refractivity contribution < 1.29 is 18.6 Å². The standard InChI is InChI=1S/C15H12F2N2O2/c1-19-13-7-10(3-4-12(13)18-15(19)8-20)21-14-5-2-9(16)6-11(14)17/h2-7,20H,8H2,1H3. The molecule has 0 bridgehead atoms. The summed E-state index contributed by atoms with van der Waals surface area (Å²) in [7, 11) is 1.77. The van der Waals surface area contributed by atoms with Gasteiger partial charge in [-0.15, -0.1) is 0 Å². The minimum Gasteiger partial charge on any atom is -0.454 e. The van der Waals surface area contributed by atoms with Gasteiger partial charge in [0.05, 0.1) is 11.0 Å². The summed E-state index contributed by atoms with van der Waals surface area (Å²) in [5.74, 6) is -0.554. The molecule has 6 heteroatoms. The Labute approximate surface area is 119 Å². The minimum absolute atomic E-state index is 0.0553. The van der Waals surface area contributed by atoms with Gasteiger partial charge in [-0.05, 0) is 24.3 Å². The molecule has 1 aromatic heterocycles. The lowest BCUT2D eigenvalue weighted by Crippen LogP contribution is -1.96. The zero-order valence-electron chi connectivity index (χ0n) is 11.2. The van der Waals surface area contributed by atoms with Gasteiger partial charge in [0, 0.05) is 19.2 Å². The number of aliphatic hydroxyl groups is 1. The zero-order valence-corrected chi connectivity index (χ0v) is 11.2. The smallest absolute Gasteiger partial charge is 0.168 e. The highest BCUT2D eigenvalue weighted by atomic mass is 19.1. The lowest BCUT2D eigenvalue weighted by atomic mass is 10.3. The summed E-state index contributed by atoms with van der Waals surface area (Å²) in [5, 5.41) is 9.19. The summed E-state index contributed by atoms with van der Waals surface area (Å²) < 4.78 is 33.6. The van der Waals surface area contributed by atoms with Gasteiger partial charge in [-0.2, -0.15) is 0 Å². The predicted octanol–water partition coefficient (Wildman–Crippen LogP) is 3.14. The maximum absolute atomic E-state index is 13.6. The summed E-state index contributed by atoms with van der Waals surface area (Å²) in [6, 6.07) is 8.17. The Morgan fingerprint density at radius 1 is 1.19 bits per heavy atom. The van der Waals surface area contributed by atoms with Gasteiger partial charge in [0.2, 0.25) is 0 Å². The van der Waals surface area contributed by atoms with E-state index in [2.05, 4.69) is 4.98 Å². The van der Waals surface area contributed by atoms with Crippen LogP contribution >= 0.6 is 0 Å². The third-order valence-electron chi connectivity index (χ3n) is 3.21. The third-order valence-corrected chi connectivity index (χ3v) is 3.21. The Morgan fingerprint density at radius 3 is 2.71 bits per heavy atom. The minimum atomic E-state index is -0.767. The topological polar surface area (TPSA) is 47.3 Å². The number of aliphatic hydroxyl groups excluding tert-OH is 1. The van der Waals surface area contributed by atoms with Gasteiger partial charge in [0.1, 0.15) is 24.0 Å². The van der Waals surface area contributed by atoms with Crippen LogP contribution in [0.4, 0.5) is 8.78 Å². The molecule has 0 spiro atoms. The van der Waals surface area contributed by atoms with E-state index < -0.39 is 11.6 Å². The van der Waals surface area contributed by atoms with Crippen molar-refractivity contribution >= 4 is 11.0 Å². The van der Waals surface area contributed by atoms with E-state index in [0.29, 0.717) is 17.1 Å². The van der Waals surface area contributed by atoms with Crippen LogP contribution in [0.3, 0.4) is 0 Å². The van der Waals surface area contributed by atoms with Crippen molar-refractivity contribution in [3.63, 3.8) is 0 Å². The molecule has 21 heavy (non-hydrogen) atoms. The SMILES string of the molecule is Cn1c(CO)nc2ccc(Oc3ccc(F)cc3F)cc21. The van der Waals surface area contributed by atoms with Crippen LogP contribution in [-0.4, -0.2) is 14.7 Å². The van der Waals surface area contributed by atoms with Crippen molar-refractivity contribution in [3.05, 3.63) is 53.9 Å². The lowest BCUT2D eigenvalue weighted by Gasteiger charge is -2.07. The molecule has 0 saturated heterocycles. The Hall–Kier alpha value is -2.47. The van der Waals surface area contributed by atoms with Crippen LogP contribution in [0.5, 0.6) is 11.5 Å². The fourth-order valence-electron chi connectivity index (χ4n) is 2.11. The maximum Gasteiger partial charge on any atom is 0.168 e. The summed E-state index contributed by atoms with van der Waals surface area (Å²) >= 11 is 0. The average Bonchev–Trinajstić information content (AvgIpc) is 2.78. The van der Waals surface area contributed by atoms with Gasteiger partial charge >= 0.3 is 0 Å². The average molecular weight is 290 g/mol. The molecule has 1 heterocycles. The van der Waals surface area contributed by atoms with Crippen molar-refractivity contribution in [1.29, 1.82) is 0 Å². The molecule has 1 N–H and O–H groups in total. The molecule has 0 aliphatic heterocycles. The van der Waals surface area contributed by atoms with Gasteiger partial charge in [0.15, 0.2) is 11.6 Å². The van der Waals surface area contributed by atoms with E-state index in [4.69, 9.17) is 4.74 Å². The second-order valence-electron chi connectivity index (χ2n) is 4.57. The summed E-state index contributed by atoms with van der Waals surface area (Å²) in [5.41, 5.74) is 1.45. The van der Waals surface area contributed by atoms with Crippen LogP contribution in [0.25, 0.3) is 11.0 Å². The number of aromatic nitrogens is 2. The van der Waals surface area contributed by atoms with Gasteiger partial charge in [-0.25, -0.2) is 13.8 Å². The predicted molar refractivity (Wildman–Crippen MR) is 73.1 cm³/mol. The largest absolute Gasteiger partial charge is 0.454 e. The van der Waals surface area contributed by atoms with Crippen LogP contribution < -0.4 is 4.74 Å². The van der Waals surface area contributed by atoms with Gasteiger partial charge in [-0.1, -0.05) is 0 Å². The number of hydrogen-bond donors (Lipinski definition) is 1. The molecule has 0 saturated carbocycles. The molecule has 4 nitrogen and oxygen atoms in total. The lowest BCUT2D eigenvalue weighted by molar-refractivity contribution is 0.268. The van der Waals surface area contributed by atoms with Crippen LogP contribution in [0, 0.1) is 11.6 Å². The van der Waals surface area contributed by atoms with Gasteiger partial charge < -0.3 is 14.4 Å². The van der Waals surface area contributed by atoms with E-state index in [9.17, 15) is 13.9 Å². The molecule has 0 radical (unpaired) electrons. The van der Waals surface area contributed by atoms with Crippen molar-refractivity contribution in [2.24, 2.45) is 7.05 Å². The first-order chi connectivity index (χ1) is 10.1. The number of hydrogen-bond acceptors (Lipinski definition) is 3. The summed E-state index contributed by atoms with van der Waals surface area (Å²) in [6.45, 7) is -0.173. The second-order valence-corrected chi connectivity index (χ2v) is 4.57. The summed E-state index contributed by atoms with van der Waals surface area (Å²) in [4.78, 5) is 4.24. The van der Waals surface area contributed by atoms with Crippen molar-refractivity contribution in [3.8, 4) is 11.5 Å². The van der Waals surface area contributed by atoms with E-state index in [1.165, 1.54) is 6.07 Å². The number of benzene rings is 2. The Morgan fingerprint density at radius 2 is 2.00 bits per heavy atom. The molecule has 2 aromatic carbocycles. The van der Waals surface area contributed by atoms with E-state index in [-0.39, 0.29) is 12.4 Å². The Bertz CT molecular complexity index is 815.